The van der Waals surface area contributed by atoms with E-state index in [0.717, 1.165) is 10.2 Å². The first-order chi connectivity index (χ1) is 11.1. The van der Waals surface area contributed by atoms with E-state index in [0.29, 0.717) is 5.62 Å². The molecule has 130 valence electrons. The first kappa shape index (κ1) is 20.5. The number of benzene rings is 1. The molecule has 8 nitrogen and oxygen atoms in total. The molecule has 6 N–H and O–H groups in total. The summed E-state index contributed by atoms with van der Waals surface area (Å²) in [7, 11) is -2.04. The molecule has 0 bridgehead atoms. The molecule has 0 fully saturated rings. The lowest BCUT2D eigenvalue weighted by Crippen LogP contribution is -2.16. The molecule has 1 unspecified atom stereocenters. The number of hydrogen-bond donors (Lipinski definition) is 4. The minimum Gasteiger partial charge on any atom is -0.383 e. The summed E-state index contributed by atoms with van der Waals surface area (Å²) in [6, 6.07) is 3.29. The highest BCUT2D eigenvalue weighted by Crippen LogP contribution is 2.33. The van der Waals surface area contributed by atoms with Crippen LogP contribution in [0.4, 0.5) is 5.82 Å². The van der Waals surface area contributed by atoms with E-state index in [1.807, 2.05) is 6.92 Å². The highest BCUT2D eigenvalue weighted by molar-refractivity contribution is 7.94. The smallest absolute Gasteiger partial charge is 0.270 e. The van der Waals surface area contributed by atoms with Crippen LogP contribution < -0.4 is 16.6 Å². The van der Waals surface area contributed by atoms with Gasteiger partial charge in [-0.05, 0) is 24.6 Å². The van der Waals surface area contributed by atoms with Crippen molar-refractivity contribution in [2.45, 2.75) is 11.8 Å². The Morgan fingerprint density at radius 3 is 2.17 bits per heavy atom. The van der Waals surface area contributed by atoms with Crippen molar-refractivity contribution < 1.29 is 13.8 Å². The standard InChI is InChI=1S/C11H11Cl2N5O2S.CH2OS/c1-4-2-5(12)8(6(13)3-4)18-10(14)9(21(16)20)7(17-18)11(15)19;2-1-3/h2-3H,14,16H2,1H3,(H2,15,19);1H,(H,2,3). The molecule has 1 aromatic carbocycles. The van der Waals surface area contributed by atoms with Gasteiger partial charge in [0, 0.05) is 0 Å². The number of anilines is 1. The Balaban J connectivity index is 0.000000891. The molecule has 2 rings (SSSR count). The lowest BCUT2D eigenvalue weighted by molar-refractivity contribution is 0.0992. The van der Waals surface area contributed by atoms with Crippen LogP contribution in [0.15, 0.2) is 17.0 Å². The molecule has 0 aliphatic heterocycles. The third-order valence-corrected chi connectivity index (χ3v) is 4.06. The SMILES string of the molecule is Cc1cc(Cl)c(-n2nc(C(N)=O)c(S(N)=O)c2N)c(Cl)c1.O=CS. The zero-order valence-corrected chi connectivity index (χ0v) is 15.4. The van der Waals surface area contributed by atoms with Crippen molar-refractivity contribution in [1.82, 2.24) is 9.78 Å². The quantitative estimate of drug-likeness (QED) is 0.444. The Morgan fingerprint density at radius 2 is 1.83 bits per heavy atom. The molecule has 0 aliphatic rings. The number of primary amides is 1. The molecule has 0 aliphatic carbocycles. The minimum absolute atomic E-state index is 0.114. The summed E-state index contributed by atoms with van der Waals surface area (Å²) in [5, 5.41) is 9.76. The Kier molecular flexibility index (Phi) is 7.24. The van der Waals surface area contributed by atoms with Crippen molar-refractivity contribution in [2.24, 2.45) is 10.9 Å². The number of halogens is 2. The number of hydrogen-bond acceptors (Lipinski definition) is 5. The van der Waals surface area contributed by atoms with Crippen molar-refractivity contribution in [3.8, 4) is 5.69 Å². The zero-order chi connectivity index (χ0) is 18.6. The highest BCUT2D eigenvalue weighted by atomic mass is 35.5. The van der Waals surface area contributed by atoms with Crippen LogP contribution in [-0.4, -0.2) is 25.5 Å². The van der Waals surface area contributed by atoms with E-state index >= 15 is 0 Å². The molecule has 24 heavy (non-hydrogen) atoms. The number of aromatic nitrogens is 2. The van der Waals surface area contributed by atoms with Gasteiger partial charge in [-0.15, -0.1) is 12.6 Å². The molecule has 2 aromatic rings. The van der Waals surface area contributed by atoms with E-state index in [1.54, 1.807) is 12.1 Å². The van der Waals surface area contributed by atoms with Crippen molar-refractivity contribution in [3.63, 3.8) is 0 Å². The van der Waals surface area contributed by atoms with Gasteiger partial charge in [-0.25, -0.2) is 14.0 Å². The first-order valence-corrected chi connectivity index (χ1v) is 8.52. The fraction of sp³-hybridized carbons (Fsp3) is 0.0833. The Morgan fingerprint density at radius 1 is 1.38 bits per heavy atom. The van der Waals surface area contributed by atoms with Gasteiger partial charge in [0.05, 0.1) is 10.0 Å². The van der Waals surface area contributed by atoms with Crippen molar-refractivity contribution in [2.75, 3.05) is 5.73 Å². The van der Waals surface area contributed by atoms with Gasteiger partial charge >= 0.3 is 0 Å². The van der Waals surface area contributed by atoms with E-state index < -0.39 is 16.9 Å². The van der Waals surface area contributed by atoms with Gasteiger partial charge in [0.25, 0.3) is 5.91 Å². The lowest BCUT2D eigenvalue weighted by Gasteiger charge is -2.10. The molecule has 0 saturated heterocycles. The second-order valence-electron chi connectivity index (χ2n) is 4.32. The molecule has 0 saturated carbocycles. The summed E-state index contributed by atoms with van der Waals surface area (Å²) in [6.45, 7) is 1.81. The molecule has 1 heterocycles. The van der Waals surface area contributed by atoms with Crippen LogP contribution in [0.25, 0.3) is 5.69 Å². The van der Waals surface area contributed by atoms with Crippen LogP contribution >= 0.6 is 35.8 Å². The Labute approximate surface area is 155 Å². The van der Waals surface area contributed by atoms with Crippen molar-refractivity contribution >= 4 is 64.2 Å². The molecule has 12 heteroatoms. The first-order valence-electron chi connectivity index (χ1n) is 6.04. The van der Waals surface area contributed by atoms with Crippen LogP contribution in [0, 0.1) is 6.92 Å². The molecule has 0 spiro atoms. The summed E-state index contributed by atoms with van der Waals surface area (Å²) >= 11 is 15.4. The summed E-state index contributed by atoms with van der Waals surface area (Å²) in [4.78, 5) is 19.9. The summed E-state index contributed by atoms with van der Waals surface area (Å²) < 4.78 is 12.6. The van der Waals surface area contributed by atoms with E-state index in [4.69, 9.17) is 44.6 Å². The number of rotatable bonds is 3. The van der Waals surface area contributed by atoms with E-state index in [2.05, 4.69) is 17.7 Å². The maximum atomic E-state index is 11.5. The highest BCUT2D eigenvalue weighted by Gasteiger charge is 2.25. The average Bonchev–Trinajstić information content (AvgIpc) is 2.76. The minimum atomic E-state index is -2.04. The van der Waals surface area contributed by atoms with Gasteiger partial charge in [-0.3, -0.25) is 9.59 Å². The van der Waals surface area contributed by atoms with Crippen molar-refractivity contribution in [3.05, 3.63) is 33.4 Å². The topological polar surface area (TPSA) is 147 Å². The van der Waals surface area contributed by atoms with Crippen molar-refractivity contribution in [1.29, 1.82) is 0 Å². The third-order valence-electron chi connectivity index (χ3n) is 2.68. The molecule has 1 atom stereocenters. The van der Waals surface area contributed by atoms with Gasteiger partial charge in [-0.2, -0.15) is 5.10 Å². The zero-order valence-electron chi connectivity index (χ0n) is 12.2. The number of carbonyl (C=O) groups is 2. The second-order valence-corrected chi connectivity index (χ2v) is 6.35. The molecule has 1 amide bonds. The van der Waals surface area contributed by atoms with E-state index in [-0.39, 0.29) is 32.1 Å². The van der Waals surface area contributed by atoms with Gasteiger partial charge in [-0.1, -0.05) is 23.2 Å². The van der Waals surface area contributed by atoms with Gasteiger partial charge in [0.2, 0.25) is 0 Å². The van der Waals surface area contributed by atoms with Gasteiger partial charge < -0.3 is 11.5 Å². The van der Waals surface area contributed by atoms with Crippen LogP contribution in [-0.2, 0) is 15.8 Å². The maximum Gasteiger partial charge on any atom is 0.270 e. The average molecular weight is 410 g/mol. The second kappa shape index (κ2) is 8.49. The number of amides is 1. The fourth-order valence-electron chi connectivity index (χ4n) is 1.84. The number of nitrogens with zero attached hydrogens (tertiary/aromatic N) is 2. The van der Waals surface area contributed by atoms with Crippen LogP contribution in [0.5, 0.6) is 0 Å². The predicted octanol–water partition coefficient (Wildman–Crippen LogP) is 1.26. The number of thiol groups is 1. The largest absolute Gasteiger partial charge is 0.383 e. The van der Waals surface area contributed by atoms with Crippen LogP contribution in [0.1, 0.15) is 16.1 Å². The van der Waals surface area contributed by atoms with E-state index in [9.17, 15) is 9.00 Å². The number of aryl methyl sites for hydroxylation is 1. The Hall–Kier alpha value is -1.59. The lowest BCUT2D eigenvalue weighted by atomic mass is 10.2. The predicted molar refractivity (Wildman–Crippen MR) is 97.6 cm³/mol. The molecule has 0 radical (unpaired) electrons. The number of carbonyl (C=O) groups excluding carboxylic acids is 2. The Bertz CT molecular complexity index is 802. The number of nitrogen functional groups attached to an aromatic ring is 1. The monoisotopic (exact) mass is 409 g/mol. The molecular formula is C12H13Cl2N5O3S2. The number of nitrogens with two attached hydrogens (primary N) is 3. The van der Waals surface area contributed by atoms with Gasteiger partial charge in [0.1, 0.15) is 27.4 Å². The summed E-state index contributed by atoms with van der Waals surface area (Å²) in [5.41, 5.74) is 12.3. The molecule has 1 aromatic heterocycles. The summed E-state index contributed by atoms with van der Waals surface area (Å²) in [6.07, 6.45) is 0. The maximum absolute atomic E-state index is 11.5. The van der Waals surface area contributed by atoms with E-state index in [1.165, 1.54) is 0 Å². The van der Waals surface area contributed by atoms with Crippen LogP contribution in [0.3, 0.4) is 0 Å². The third kappa shape index (κ3) is 4.28. The van der Waals surface area contributed by atoms with Gasteiger partial charge in [0.15, 0.2) is 11.3 Å². The normalized spacial score (nSPS) is 11.4. The van der Waals surface area contributed by atoms with Crippen LogP contribution in [0.2, 0.25) is 10.0 Å². The molecular weight excluding hydrogens is 397 g/mol. The summed E-state index contributed by atoms with van der Waals surface area (Å²) in [5.74, 6) is -1.02. The fourth-order valence-corrected chi connectivity index (χ4v) is 3.22.